The Kier molecular flexibility index (Phi) is 7.83. The molecule has 0 bridgehead atoms. The number of nitrogens with zero attached hydrogens (tertiary/aromatic N) is 1. The zero-order valence-electron chi connectivity index (χ0n) is 15.1. The fourth-order valence-electron chi connectivity index (χ4n) is 2.70. The van der Waals surface area contributed by atoms with Crippen molar-refractivity contribution in [3.8, 4) is 0 Å². The lowest BCUT2D eigenvalue weighted by Gasteiger charge is -2.22. The van der Waals surface area contributed by atoms with Crippen LogP contribution in [0.2, 0.25) is 0 Å². The van der Waals surface area contributed by atoms with Crippen LogP contribution in [-0.2, 0) is 22.7 Å². The quantitative estimate of drug-likeness (QED) is 0.411. The van der Waals surface area contributed by atoms with Crippen molar-refractivity contribution in [2.75, 3.05) is 0 Å². The molecule has 0 aliphatic carbocycles. The molecule has 0 radical (unpaired) electrons. The molecule has 0 heterocycles. The maximum atomic E-state index is 12.6. The molecular formula is C21H26N2O3. The molecule has 2 aromatic rings. The van der Waals surface area contributed by atoms with Gasteiger partial charge in [0.2, 0.25) is 5.91 Å². The zero-order chi connectivity index (χ0) is 18.8. The summed E-state index contributed by atoms with van der Waals surface area (Å²) in [5, 5.41) is 13.6. The lowest BCUT2D eigenvalue weighted by molar-refractivity contribution is -0.174. The maximum Gasteiger partial charge on any atom is 0.258 e. The summed E-state index contributed by atoms with van der Waals surface area (Å²) >= 11 is 0. The number of benzene rings is 2. The van der Waals surface area contributed by atoms with Gasteiger partial charge in [0.15, 0.2) is 0 Å². The molecule has 0 spiro atoms. The minimum atomic E-state index is -0.882. The summed E-state index contributed by atoms with van der Waals surface area (Å²) in [7, 11) is 0. The van der Waals surface area contributed by atoms with Crippen molar-refractivity contribution in [2.24, 2.45) is 5.92 Å². The highest BCUT2D eigenvalue weighted by molar-refractivity contribution is 5.99. The molecule has 0 saturated carbocycles. The molecule has 5 heteroatoms. The van der Waals surface area contributed by atoms with Crippen LogP contribution in [0.4, 0.5) is 0 Å². The van der Waals surface area contributed by atoms with Crippen LogP contribution in [0.3, 0.4) is 0 Å². The second-order valence-corrected chi connectivity index (χ2v) is 6.28. The van der Waals surface area contributed by atoms with Crippen molar-refractivity contribution in [3.63, 3.8) is 0 Å². The van der Waals surface area contributed by atoms with Crippen molar-refractivity contribution < 1.29 is 14.8 Å². The summed E-state index contributed by atoms with van der Waals surface area (Å²) < 4.78 is 0. The monoisotopic (exact) mass is 354 g/mol. The Bertz CT molecular complexity index is 689. The molecule has 5 nitrogen and oxygen atoms in total. The summed E-state index contributed by atoms with van der Waals surface area (Å²) in [6, 6.07) is 18.7. The second kappa shape index (κ2) is 10.4. The molecule has 2 amide bonds. The van der Waals surface area contributed by atoms with Gasteiger partial charge < -0.3 is 5.32 Å². The topological polar surface area (TPSA) is 69.6 Å². The van der Waals surface area contributed by atoms with E-state index in [-0.39, 0.29) is 12.5 Å². The second-order valence-electron chi connectivity index (χ2n) is 6.28. The molecule has 0 aliphatic heterocycles. The van der Waals surface area contributed by atoms with Gasteiger partial charge in [-0.3, -0.25) is 14.8 Å². The van der Waals surface area contributed by atoms with Crippen LogP contribution in [0.1, 0.15) is 37.3 Å². The largest absolute Gasteiger partial charge is 0.351 e. The Hall–Kier alpha value is -2.66. The summed E-state index contributed by atoms with van der Waals surface area (Å²) in [6.45, 7) is 2.43. The highest BCUT2D eigenvalue weighted by atomic mass is 16.5. The molecule has 26 heavy (non-hydrogen) atoms. The number of rotatable bonds is 9. The molecule has 2 rings (SSSR count). The third-order valence-electron chi connectivity index (χ3n) is 4.20. The number of amides is 2. The highest BCUT2D eigenvalue weighted by Crippen LogP contribution is 2.14. The van der Waals surface area contributed by atoms with Gasteiger partial charge in [-0.2, -0.15) is 0 Å². The molecule has 1 unspecified atom stereocenters. The Balaban J connectivity index is 1.99. The van der Waals surface area contributed by atoms with Crippen LogP contribution in [0.25, 0.3) is 0 Å². The molecule has 2 N–H and O–H groups in total. The molecule has 0 aromatic heterocycles. The first-order chi connectivity index (χ1) is 12.6. The highest BCUT2D eigenvalue weighted by Gasteiger charge is 2.29. The van der Waals surface area contributed by atoms with Gasteiger partial charge in [0.1, 0.15) is 5.92 Å². The van der Waals surface area contributed by atoms with Gasteiger partial charge >= 0.3 is 0 Å². The van der Waals surface area contributed by atoms with E-state index in [1.54, 1.807) is 0 Å². The maximum absolute atomic E-state index is 12.6. The van der Waals surface area contributed by atoms with E-state index in [1.807, 2.05) is 67.6 Å². The third kappa shape index (κ3) is 6.01. The molecule has 0 aliphatic rings. The summed E-state index contributed by atoms with van der Waals surface area (Å²) in [5.41, 5.74) is 1.77. The van der Waals surface area contributed by atoms with Gasteiger partial charge in [-0.05, 0) is 17.5 Å². The van der Waals surface area contributed by atoms with E-state index in [9.17, 15) is 14.8 Å². The molecule has 0 saturated heterocycles. The van der Waals surface area contributed by atoms with Gasteiger partial charge in [0, 0.05) is 6.54 Å². The number of hydrogen-bond donors (Lipinski definition) is 2. The smallest absolute Gasteiger partial charge is 0.258 e. The van der Waals surface area contributed by atoms with E-state index < -0.39 is 11.8 Å². The predicted octanol–water partition coefficient (Wildman–Crippen LogP) is 3.53. The van der Waals surface area contributed by atoms with Crippen LogP contribution in [0.15, 0.2) is 60.7 Å². The van der Waals surface area contributed by atoms with Crippen molar-refractivity contribution >= 4 is 11.8 Å². The van der Waals surface area contributed by atoms with E-state index in [1.165, 1.54) is 0 Å². The average molecular weight is 354 g/mol. The molecular weight excluding hydrogens is 328 g/mol. The zero-order valence-corrected chi connectivity index (χ0v) is 15.1. The molecule has 138 valence electrons. The summed E-state index contributed by atoms with van der Waals surface area (Å²) in [4.78, 5) is 25.2. The normalized spacial score (nSPS) is 11.6. The van der Waals surface area contributed by atoms with Crippen LogP contribution < -0.4 is 5.32 Å². The lowest BCUT2D eigenvalue weighted by atomic mass is 9.99. The standard InChI is InChI=1S/C21H26N2O3/c1-2-3-14-19(20(24)22-15-17-10-6-4-7-11-17)21(25)23(26)16-18-12-8-5-9-13-18/h4-13,19,26H,2-3,14-16H2,1H3,(H,22,24). The number of hydroxylamine groups is 2. The number of unbranched alkanes of at least 4 members (excludes halogenated alkanes) is 1. The van der Waals surface area contributed by atoms with Gasteiger partial charge in [0.05, 0.1) is 6.54 Å². The van der Waals surface area contributed by atoms with Crippen LogP contribution in [-0.4, -0.2) is 22.1 Å². The minimum Gasteiger partial charge on any atom is -0.351 e. The molecule has 0 fully saturated rings. The number of carbonyl (C=O) groups is 2. The Morgan fingerprint density at radius 1 is 1.00 bits per heavy atom. The first kappa shape index (κ1) is 19.7. The van der Waals surface area contributed by atoms with Crippen LogP contribution >= 0.6 is 0 Å². The summed E-state index contributed by atoms with van der Waals surface area (Å²) in [6.07, 6.45) is 2.04. The number of carbonyl (C=O) groups excluding carboxylic acids is 2. The van der Waals surface area contributed by atoms with Crippen LogP contribution in [0.5, 0.6) is 0 Å². The van der Waals surface area contributed by atoms with E-state index in [4.69, 9.17) is 0 Å². The number of nitrogens with one attached hydrogen (secondary N) is 1. The summed E-state index contributed by atoms with van der Waals surface area (Å²) in [5.74, 6) is -1.79. The Morgan fingerprint density at radius 2 is 1.58 bits per heavy atom. The Morgan fingerprint density at radius 3 is 2.15 bits per heavy atom. The van der Waals surface area contributed by atoms with Gasteiger partial charge in [-0.1, -0.05) is 80.4 Å². The minimum absolute atomic E-state index is 0.0638. The van der Waals surface area contributed by atoms with E-state index in [0.717, 1.165) is 24.0 Å². The molecule has 1 atom stereocenters. The Labute approximate surface area is 154 Å². The van der Waals surface area contributed by atoms with E-state index in [2.05, 4.69) is 5.32 Å². The lowest BCUT2D eigenvalue weighted by Crippen LogP contribution is -2.42. The van der Waals surface area contributed by atoms with Gasteiger partial charge in [-0.25, -0.2) is 5.06 Å². The predicted molar refractivity (Wildman–Crippen MR) is 100 cm³/mol. The average Bonchev–Trinajstić information content (AvgIpc) is 2.68. The fraction of sp³-hybridized carbons (Fsp3) is 0.333. The third-order valence-corrected chi connectivity index (χ3v) is 4.20. The van der Waals surface area contributed by atoms with Crippen molar-refractivity contribution in [1.29, 1.82) is 0 Å². The van der Waals surface area contributed by atoms with Gasteiger partial charge in [0.25, 0.3) is 5.91 Å². The first-order valence-electron chi connectivity index (χ1n) is 8.97. The molecule has 2 aromatic carbocycles. The van der Waals surface area contributed by atoms with Crippen LogP contribution in [0, 0.1) is 5.92 Å². The van der Waals surface area contributed by atoms with Crippen molar-refractivity contribution in [3.05, 3.63) is 71.8 Å². The van der Waals surface area contributed by atoms with E-state index >= 15 is 0 Å². The number of hydrogen-bond acceptors (Lipinski definition) is 3. The van der Waals surface area contributed by atoms with E-state index in [0.29, 0.717) is 18.0 Å². The SMILES string of the molecule is CCCCC(C(=O)NCc1ccccc1)C(=O)N(O)Cc1ccccc1. The fourth-order valence-corrected chi connectivity index (χ4v) is 2.70. The first-order valence-corrected chi connectivity index (χ1v) is 8.97. The van der Waals surface area contributed by atoms with Gasteiger partial charge in [-0.15, -0.1) is 0 Å². The van der Waals surface area contributed by atoms with Crippen molar-refractivity contribution in [1.82, 2.24) is 10.4 Å². The van der Waals surface area contributed by atoms with Crippen molar-refractivity contribution in [2.45, 2.75) is 39.3 Å².